The van der Waals surface area contributed by atoms with Gasteiger partial charge in [-0.25, -0.2) is 0 Å². The van der Waals surface area contributed by atoms with Gasteiger partial charge in [0, 0.05) is 31.0 Å². The molecular formula is C21H20N2. The van der Waals surface area contributed by atoms with Crippen LogP contribution in [0.3, 0.4) is 0 Å². The van der Waals surface area contributed by atoms with Crippen LogP contribution in [0.4, 0.5) is 5.69 Å². The number of hydrogen-bond acceptors (Lipinski definition) is 2. The van der Waals surface area contributed by atoms with Crippen molar-refractivity contribution in [2.75, 3.05) is 18.5 Å². The maximum atomic E-state index is 4.68. The summed E-state index contributed by atoms with van der Waals surface area (Å²) in [6.45, 7) is 1.11. The summed E-state index contributed by atoms with van der Waals surface area (Å²) < 4.78 is 0. The van der Waals surface area contributed by atoms with Crippen LogP contribution in [0.2, 0.25) is 0 Å². The first kappa shape index (κ1) is 14.0. The molecule has 0 atom stereocenters. The average molecular weight is 300 g/mol. The third-order valence-corrected chi connectivity index (χ3v) is 4.58. The summed E-state index contributed by atoms with van der Waals surface area (Å²) in [7, 11) is 2.15. The van der Waals surface area contributed by atoms with Gasteiger partial charge in [-0.05, 0) is 47.7 Å². The lowest BCUT2D eigenvalue weighted by atomic mass is 10.0. The number of likely N-dealkylation sites (N-methyl/N-ethyl adjacent to an activating group) is 1. The average Bonchev–Trinajstić information content (AvgIpc) is 2.97. The van der Waals surface area contributed by atoms with Crippen LogP contribution in [0.1, 0.15) is 16.7 Å². The van der Waals surface area contributed by atoms with Crippen molar-refractivity contribution in [3.63, 3.8) is 0 Å². The van der Waals surface area contributed by atoms with E-state index in [4.69, 9.17) is 0 Å². The molecule has 1 aliphatic heterocycles. The van der Waals surface area contributed by atoms with Crippen LogP contribution < -0.4 is 4.90 Å². The van der Waals surface area contributed by atoms with E-state index in [1.165, 1.54) is 27.9 Å². The number of nitrogens with zero attached hydrogens (tertiary/aromatic N) is 2. The maximum absolute atomic E-state index is 4.68. The van der Waals surface area contributed by atoms with Gasteiger partial charge in [0.2, 0.25) is 0 Å². The van der Waals surface area contributed by atoms with Gasteiger partial charge in [-0.1, -0.05) is 42.5 Å². The molecule has 0 N–H and O–H groups in total. The molecule has 23 heavy (non-hydrogen) atoms. The summed E-state index contributed by atoms with van der Waals surface area (Å²) in [6, 6.07) is 21.5. The first-order valence-electron chi connectivity index (χ1n) is 8.13. The third kappa shape index (κ3) is 2.85. The van der Waals surface area contributed by atoms with Crippen LogP contribution in [0.5, 0.6) is 0 Å². The van der Waals surface area contributed by atoms with Crippen LogP contribution >= 0.6 is 0 Å². The van der Waals surface area contributed by atoms with Crippen LogP contribution in [0.25, 0.3) is 11.3 Å². The van der Waals surface area contributed by atoms with Gasteiger partial charge in [-0.15, -0.1) is 0 Å². The second-order valence-corrected chi connectivity index (χ2v) is 6.23. The topological polar surface area (TPSA) is 16.1 Å². The minimum absolute atomic E-state index is 0.934. The lowest BCUT2D eigenvalue weighted by Gasteiger charge is -2.12. The number of hydrogen-bond donors (Lipinski definition) is 0. The van der Waals surface area contributed by atoms with Crippen molar-refractivity contribution >= 4 is 5.69 Å². The summed E-state index contributed by atoms with van der Waals surface area (Å²) in [5.41, 5.74) is 7.63. The van der Waals surface area contributed by atoms with E-state index in [2.05, 4.69) is 77.6 Å². The van der Waals surface area contributed by atoms with Gasteiger partial charge in [0.25, 0.3) is 0 Å². The minimum Gasteiger partial charge on any atom is -0.374 e. The van der Waals surface area contributed by atoms with Crippen LogP contribution in [-0.2, 0) is 12.8 Å². The highest BCUT2D eigenvalue weighted by molar-refractivity contribution is 5.68. The van der Waals surface area contributed by atoms with Gasteiger partial charge in [0.05, 0.1) is 5.69 Å². The van der Waals surface area contributed by atoms with Gasteiger partial charge in [-0.3, -0.25) is 4.98 Å². The zero-order valence-corrected chi connectivity index (χ0v) is 13.4. The first-order valence-corrected chi connectivity index (χ1v) is 8.13. The van der Waals surface area contributed by atoms with Gasteiger partial charge >= 0.3 is 0 Å². The highest BCUT2D eigenvalue weighted by Crippen LogP contribution is 2.30. The SMILES string of the molecule is CN1CCc2cc(-c3ccc(Cc4ccccc4)cn3)ccc21. The molecule has 3 aromatic rings. The Balaban J connectivity index is 1.57. The summed E-state index contributed by atoms with van der Waals surface area (Å²) in [6.07, 6.45) is 4.07. The fourth-order valence-electron chi connectivity index (χ4n) is 3.26. The second kappa shape index (κ2) is 5.88. The van der Waals surface area contributed by atoms with E-state index >= 15 is 0 Å². The van der Waals surface area contributed by atoms with E-state index in [0.29, 0.717) is 0 Å². The number of anilines is 1. The van der Waals surface area contributed by atoms with Crippen LogP contribution in [0.15, 0.2) is 66.9 Å². The molecule has 2 aromatic carbocycles. The Kier molecular flexibility index (Phi) is 3.58. The third-order valence-electron chi connectivity index (χ3n) is 4.58. The molecule has 0 bridgehead atoms. The lowest BCUT2D eigenvalue weighted by molar-refractivity contribution is 0.956. The van der Waals surface area contributed by atoms with Gasteiger partial charge in [0.15, 0.2) is 0 Å². The number of rotatable bonds is 3. The molecule has 0 amide bonds. The highest BCUT2D eigenvalue weighted by Gasteiger charge is 2.16. The number of benzene rings is 2. The predicted molar refractivity (Wildman–Crippen MR) is 95.9 cm³/mol. The van der Waals surface area contributed by atoms with E-state index in [9.17, 15) is 0 Å². The van der Waals surface area contributed by atoms with Crippen LogP contribution in [-0.4, -0.2) is 18.6 Å². The van der Waals surface area contributed by atoms with E-state index < -0.39 is 0 Å². The quantitative estimate of drug-likeness (QED) is 0.715. The smallest absolute Gasteiger partial charge is 0.0702 e. The van der Waals surface area contributed by atoms with Crippen molar-refractivity contribution in [1.29, 1.82) is 0 Å². The number of aromatic nitrogens is 1. The van der Waals surface area contributed by atoms with Crippen LogP contribution in [0, 0.1) is 0 Å². The molecule has 0 saturated carbocycles. The Labute approximate surface area is 137 Å². The molecule has 0 unspecified atom stereocenters. The summed E-state index contributed by atoms with van der Waals surface area (Å²) in [4.78, 5) is 6.99. The molecule has 1 aliphatic rings. The highest BCUT2D eigenvalue weighted by atomic mass is 15.1. The van der Waals surface area contributed by atoms with Crippen molar-refractivity contribution in [3.8, 4) is 11.3 Å². The van der Waals surface area contributed by atoms with E-state index in [1.807, 2.05) is 6.20 Å². The Morgan fingerprint density at radius 2 is 1.83 bits per heavy atom. The molecule has 4 rings (SSSR count). The van der Waals surface area contributed by atoms with E-state index in [0.717, 1.165) is 25.1 Å². The Morgan fingerprint density at radius 1 is 0.957 bits per heavy atom. The first-order chi connectivity index (χ1) is 11.3. The van der Waals surface area contributed by atoms with Crippen molar-refractivity contribution in [3.05, 3.63) is 83.6 Å². The van der Waals surface area contributed by atoms with E-state index in [1.54, 1.807) is 0 Å². The molecule has 2 heterocycles. The standard InChI is InChI=1S/C21H20N2/c1-23-12-11-19-14-18(8-10-21(19)23)20-9-7-17(15-22-20)13-16-5-3-2-4-6-16/h2-10,14-15H,11-13H2,1H3. The number of pyridine rings is 1. The van der Waals surface area contributed by atoms with Gasteiger partial charge in [-0.2, -0.15) is 0 Å². The van der Waals surface area contributed by atoms with E-state index in [-0.39, 0.29) is 0 Å². The fourth-order valence-corrected chi connectivity index (χ4v) is 3.26. The fraction of sp³-hybridized carbons (Fsp3) is 0.190. The molecule has 2 heteroatoms. The summed E-state index contributed by atoms with van der Waals surface area (Å²) >= 11 is 0. The Hall–Kier alpha value is -2.61. The molecule has 2 nitrogen and oxygen atoms in total. The minimum atomic E-state index is 0.934. The van der Waals surface area contributed by atoms with Crippen molar-refractivity contribution in [2.24, 2.45) is 0 Å². The second-order valence-electron chi connectivity index (χ2n) is 6.23. The monoisotopic (exact) mass is 300 g/mol. The van der Waals surface area contributed by atoms with Gasteiger partial charge < -0.3 is 4.90 Å². The molecule has 0 fully saturated rings. The Morgan fingerprint density at radius 3 is 2.61 bits per heavy atom. The summed E-state index contributed by atoms with van der Waals surface area (Å²) in [5.74, 6) is 0. The van der Waals surface area contributed by atoms with Crippen molar-refractivity contribution in [1.82, 2.24) is 4.98 Å². The largest absolute Gasteiger partial charge is 0.374 e. The molecule has 1 aromatic heterocycles. The molecule has 0 saturated heterocycles. The number of fused-ring (bicyclic) bond motifs is 1. The van der Waals surface area contributed by atoms with Gasteiger partial charge in [0.1, 0.15) is 0 Å². The van der Waals surface area contributed by atoms with Crippen molar-refractivity contribution in [2.45, 2.75) is 12.8 Å². The summed E-state index contributed by atoms with van der Waals surface area (Å²) in [5, 5.41) is 0. The Bertz CT molecular complexity index is 807. The normalized spacial score (nSPS) is 13.2. The maximum Gasteiger partial charge on any atom is 0.0702 e. The zero-order chi connectivity index (χ0) is 15.6. The molecular weight excluding hydrogens is 280 g/mol. The molecule has 0 radical (unpaired) electrons. The zero-order valence-electron chi connectivity index (χ0n) is 13.4. The van der Waals surface area contributed by atoms with Crippen molar-refractivity contribution < 1.29 is 0 Å². The molecule has 114 valence electrons. The molecule has 0 spiro atoms. The molecule has 0 aliphatic carbocycles. The lowest BCUT2D eigenvalue weighted by Crippen LogP contribution is -2.12. The predicted octanol–water partition coefficient (Wildman–Crippen LogP) is 4.33.